The molecule has 0 saturated heterocycles. The van der Waals surface area contributed by atoms with Crippen LogP contribution >= 0.6 is 23.4 Å². The van der Waals surface area contributed by atoms with Crippen LogP contribution in [-0.2, 0) is 0 Å². The molecule has 1 amide bonds. The molecule has 0 radical (unpaired) electrons. The third-order valence-electron chi connectivity index (χ3n) is 2.81. The van der Waals surface area contributed by atoms with E-state index < -0.39 is 0 Å². The average molecular weight is 322 g/mol. The van der Waals surface area contributed by atoms with Gasteiger partial charge in [0, 0.05) is 23.3 Å². The molecule has 0 fully saturated rings. The lowest BCUT2D eigenvalue weighted by Gasteiger charge is -2.09. The Morgan fingerprint density at radius 2 is 2.05 bits per heavy atom. The maximum Gasteiger partial charge on any atom is 0.257 e. The van der Waals surface area contributed by atoms with Gasteiger partial charge in [-0.2, -0.15) is 0 Å². The molecular weight excluding hydrogens is 306 g/mol. The van der Waals surface area contributed by atoms with Gasteiger partial charge in [0.15, 0.2) is 0 Å². The maximum atomic E-state index is 12.3. The van der Waals surface area contributed by atoms with Crippen molar-refractivity contribution in [2.45, 2.75) is 11.8 Å². The van der Waals surface area contributed by atoms with Crippen LogP contribution in [0.3, 0.4) is 0 Å². The van der Waals surface area contributed by atoms with Gasteiger partial charge < -0.3 is 10.6 Å². The summed E-state index contributed by atoms with van der Waals surface area (Å²) in [6, 6.07) is 9.29. The van der Waals surface area contributed by atoms with Gasteiger partial charge in [-0.25, -0.2) is 4.98 Å². The zero-order chi connectivity index (χ0) is 15.2. The number of halogens is 1. The first-order chi connectivity index (χ1) is 10.1. The van der Waals surface area contributed by atoms with E-state index in [-0.39, 0.29) is 5.91 Å². The summed E-state index contributed by atoms with van der Waals surface area (Å²) < 4.78 is 0. The van der Waals surface area contributed by atoms with Crippen molar-refractivity contribution < 1.29 is 4.79 Å². The Kier molecular flexibility index (Phi) is 5.47. The van der Waals surface area contributed by atoms with Crippen LogP contribution in [0.15, 0.2) is 41.4 Å². The molecule has 0 saturated carbocycles. The van der Waals surface area contributed by atoms with E-state index >= 15 is 0 Å². The molecule has 6 heteroatoms. The van der Waals surface area contributed by atoms with E-state index in [4.69, 9.17) is 11.6 Å². The second kappa shape index (κ2) is 7.33. The minimum Gasteiger partial charge on any atom is -0.370 e. The SMILES string of the molecule is CCNc1cc(C(=O)Nc2ccc(SC)cc2)c(Cl)cn1. The molecular formula is C15H16ClN3OS. The van der Waals surface area contributed by atoms with Crippen molar-refractivity contribution >= 4 is 40.8 Å². The third kappa shape index (κ3) is 4.12. The number of pyridine rings is 1. The molecule has 0 aliphatic rings. The molecule has 21 heavy (non-hydrogen) atoms. The van der Waals surface area contributed by atoms with Gasteiger partial charge in [-0.3, -0.25) is 4.79 Å². The molecule has 2 aromatic rings. The predicted molar refractivity (Wildman–Crippen MR) is 89.6 cm³/mol. The molecule has 0 unspecified atom stereocenters. The molecule has 4 nitrogen and oxygen atoms in total. The van der Waals surface area contributed by atoms with Crippen LogP contribution in [0.5, 0.6) is 0 Å². The third-order valence-corrected chi connectivity index (χ3v) is 3.85. The summed E-state index contributed by atoms with van der Waals surface area (Å²) in [4.78, 5) is 17.5. The Labute approximate surface area is 133 Å². The van der Waals surface area contributed by atoms with Gasteiger partial charge in [0.2, 0.25) is 0 Å². The molecule has 0 spiro atoms. The smallest absolute Gasteiger partial charge is 0.257 e. The average Bonchev–Trinajstić information content (AvgIpc) is 2.50. The van der Waals surface area contributed by atoms with Crippen LogP contribution in [0, 0.1) is 0 Å². The summed E-state index contributed by atoms with van der Waals surface area (Å²) in [6.07, 6.45) is 3.48. The molecule has 1 aromatic carbocycles. The fourth-order valence-electron chi connectivity index (χ4n) is 1.76. The van der Waals surface area contributed by atoms with Crippen LogP contribution in [0.25, 0.3) is 0 Å². The topological polar surface area (TPSA) is 54.0 Å². The molecule has 1 aromatic heterocycles. The normalized spacial score (nSPS) is 10.2. The van der Waals surface area contributed by atoms with E-state index in [2.05, 4.69) is 15.6 Å². The lowest BCUT2D eigenvalue weighted by atomic mass is 10.2. The Morgan fingerprint density at radius 3 is 2.67 bits per heavy atom. The molecule has 110 valence electrons. The first-order valence-corrected chi connectivity index (χ1v) is 8.09. The Morgan fingerprint density at radius 1 is 1.33 bits per heavy atom. The number of nitrogens with one attached hydrogen (secondary N) is 2. The summed E-state index contributed by atoms with van der Waals surface area (Å²) in [6.45, 7) is 2.69. The predicted octanol–water partition coefficient (Wildman–Crippen LogP) is 4.14. The second-order valence-corrected chi connectivity index (χ2v) is 5.55. The van der Waals surface area contributed by atoms with E-state index in [9.17, 15) is 4.79 Å². The largest absolute Gasteiger partial charge is 0.370 e. The fraction of sp³-hybridized carbons (Fsp3) is 0.200. The van der Waals surface area contributed by atoms with Crippen molar-refractivity contribution in [3.05, 3.63) is 47.1 Å². The van der Waals surface area contributed by atoms with E-state index in [0.29, 0.717) is 16.4 Å². The number of benzene rings is 1. The lowest BCUT2D eigenvalue weighted by Crippen LogP contribution is -2.13. The molecule has 2 N–H and O–H groups in total. The number of amides is 1. The van der Waals surface area contributed by atoms with Crippen molar-refractivity contribution in [1.29, 1.82) is 0 Å². The molecule has 0 bridgehead atoms. The second-order valence-electron chi connectivity index (χ2n) is 4.26. The quantitative estimate of drug-likeness (QED) is 0.813. The van der Waals surface area contributed by atoms with Crippen molar-refractivity contribution in [3.63, 3.8) is 0 Å². The monoisotopic (exact) mass is 321 g/mol. The van der Waals surface area contributed by atoms with Gasteiger partial charge in [0.1, 0.15) is 5.82 Å². The van der Waals surface area contributed by atoms with Crippen LogP contribution in [0.2, 0.25) is 5.02 Å². The van der Waals surface area contributed by atoms with E-state index in [1.54, 1.807) is 17.8 Å². The molecule has 0 atom stereocenters. The van der Waals surface area contributed by atoms with E-state index in [1.165, 1.54) is 6.20 Å². The van der Waals surface area contributed by atoms with Crippen molar-refractivity contribution in [3.8, 4) is 0 Å². The van der Waals surface area contributed by atoms with Gasteiger partial charge >= 0.3 is 0 Å². The maximum absolute atomic E-state index is 12.3. The van der Waals surface area contributed by atoms with Crippen molar-refractivity contribution in [2.75, 3.05) is 23.4 Å². The van der Waals surface area contributed by atoms with Gasteiger partial charge in [0.05, 0.1) is 10.6 Å². The summed E-state index contributed by atoms with van der Waals surface area (Å²) in [5, 5.41) is 6.22. The molecule has 2 rings (SSSR count). The number of anilines is 2. The summed E-state index contributed by atoms with van der Waals surface area (Å²) >= 11 is 7.70. The first-order valence-electron chi connectivity index (χ1n) is 6.49. The fourth-order valence-corrected chi connectivity index (χ4v) is 2.36. The van der Waals surface area contributed by atoms with Gasteiger partial charge in [-0.1, -0.05) is 11.6 Å². The zero-order valence-electron chi connectivity index (χ0n) is 11.8. The highest BCUT2D eigenvalue weighted by Gasteiger charge is 2.12. The molecule has 0 aliphatic heterocycles. The van der Waals surface area contributed by atoms with Crippen LogP contribution in [0.1, 0.15) is 17.3 Å². The van der Waals surface area contributed by atoms with Gasteiger partial charge in [0.25, 0.3) is 5.91 Å². The van der Waals surface area contributed by atoms with Crippen molar-refractivity contribution in [2.24, 2.45) is 0 Å². The highest BCUT2D eigenvalue weighted by Crippen LogP contribution is 2.21. The highest BCUT2D eigenvalue weighted by molar-refractivity contribution is 7.98. The number of thioether (sulfide) groups is 1. The zero-order valence-corrected chi connectivity index (χ0v) is 13.4. The number of carbonyl (C=O) groups excluding carboxylic acids is 1. The summed E-state index contributed by atoms with van der Waals surface area (Å²) in [7, 11) is 0. The standard InChI is InChI=1S/C15H16ClN3OS/c1-3-17-14-8-12(13(16)9-18-14)15(20)19-10-4-6-11(21-2)7-5-10/h4-9H,3H2,1-2H3,(H,17,18)(H,19,20). The van der Waals surface area contributed by atoms with Gasteiger partial charge in [-0.05, 0) is 43.5 Å². The number of hydrogen-bond donors (Lipinski definition) is 2. The number of hydrogen-bond acceptors (Lipinski definition) is 4. The minimum absolute atomic E-state index is 0.251. The number of rotatable bonds is 5. The first kappa shape index (κ1) is 15.7. The van der Waals surface area contributed by atoms with Crippen molar-refractivity contribution in [1.82, 2.24) is 4.98 Å². The number of nitrogens with zero attached hydrogens (tertiary/aromatic N) is 1. The lowest BCUT2D eigenvalue weighted by molar-refractivity contribution is 0.102. The Hall–Kier alpha value is -1.72. The number of aromatic nitrogens is 1. The summed E-state index contributed by atoms with van der Waals surface area (Å²) in [5.41, 5.74) is 1.13. The van der Waals surface area contributed by atoms with E-state index in [1.807, 2.05) is 37.4 Å². The molecule has 1 heterocycles. The van der Waals surface area contributed by atoms with Crippen LogP contribution in [0.4, 0.5) is 11.5 Å². The Bertz CT molecular complexity index is 631. The summed E-state index contributed by atoms with van der Waals surface area (Å²) in [5.74, 6) is 0.378. The van der Waals surface area contributed by atoms with Gasteiger partial charge in [-0.15, -0.1) is 11.8 Å². The Balaban J connectivity index is 2.17. The minimum atomic E-state index is -0.251. The van der Waals surface area contributed by atoms with Crippen LogP contribution < -0.4 is 10.6 Å². The highest BCUT2D eigenvalue weighted by atomic mass is 35.5. The van der Waals surface area contributed by atoms with E-state index in [0.717, 1.165) is 17.1 Å². The molecule has 0 aliphatic carbocycles. The van der Waals surface area contributed by atoms with Crippen LogP contribution in [-0.4, -0.2) is 23.7 Å². The number of carbonyl (C=O) groups is 1.